The van der Waals surface area contributed by atoms with E-state index in [-0.39, 0.29) is 11.9 Å². The van der Waals surface area contributed by atoms with E-state index in [1.54, 1.807) is 0 Å². The molecule has 4 rings (SSSR count). The first-order valence-electron chi connectivity index (χ1n) is 11.3. The topological polar surface area (TPSA) is 111 Å². The molecule has 0 spiro atoms. The van der Waals surface area contributed by atoms with Gasteiger partial charge in [-0.15, -0.1) is 5.10 Å². The Kier molecular flexibility index (Phi) is 6.74. The second-order valence-electron chi connectivity index (χ2n) is 8.79. The number of hydrogen-bond donors (Lipinski definition) is 3. The van der Waals surface area contributed by atoms with E-state index in [2.05, 4.69) is 38.3 Å². The van der Waals surface area contributed by atoms with Gasteiger partial charge in [0.25, 0.3) is 0 Å². The highest BCUT2D eigenvalue weighted by Gasteiger charge is 2.29. The van der Waals surface area contributed by atoms with Gasteiger partial charge in [0.2, 0.25) is 5.91 Å². The van der Waals surface area contributed by atoms with Crippen LogP contribution in [0, 0.1) is 0 Å². The highest BCUT2D eigenvalue weighted by atomic mass is 16.1. The first kappa shape index (κ1) is 20.9. The minimum atomic E-state index is -0.0902. The Labute approximate surface area is 178 Å². The molecule has 1 unspecified atom stereocenters. The van der Waals surface area contributed by atoms with E-state index in [4.69, 9.17) is 5.73 Å². The van der Waals surface area contributed by atoms with Gasteiger partial charge in [-0.25, -0.2) is 4.68 Å². The number of nitrogens with one attached hydrogen (secondary N) is 2. The Hall–Kier alpha value is -2.32. The van der Waals surface area contributed by atoms with Crippen LogP contribution >= 0.6 is 0 Å². The molecule has 2 saturated carbocycles. The highest BCUT2D eigenvalue weighted by molar-refractivity contribution is 5.88. The largest absolute Gasteiger partial charge is 0.328 e. The maximum atomic E-state index is 11.4. The van der Waals surface area contributed by atoms with Crippen LogP contribution in [0.1, 0.15) is 88.2 Å². The number of nitrogens with two attached hydrogens (primary N) is 1. The molecule has 0 bridgehead atoms. The fourth-order valence-corrected chi connectivity index (χ4v) is 4.78. The van der Waals surface area contributed by atoms with Crippen molar-refractivity contribution in [2.45, 2.75) is 88.9 Å². The van der Waals surface area contributed by atoms with Crippen LogP contribution in [-0.4, -0.2) is 38.2 Å². The fourth-order valence-electron chi connectivity index (χ4n) is 4.78. The lowest BCUT2D eigenvalue weighted by molar-refractivity contribution is -0.114. The first-order chi connectivity index (χ1) is 14.6. The third-order valence-electron chi connectivity index (χ3n) is 6.44. The minimum Gasteiger partial charge on any atom is -0.328 e. The van der Waals surface area contributed by atoms with E-state index >= 15 is 0 Å². The molecule has 1 aromatic carbocycles. The highest BCUT2D eigenvalue weighted by Crippen LogP contribution is 2.32. The van der Waals surface area contributed by atoms with Gasteiger partial charge in [0.05, 0.1) is 12.1 Å². The summed E-state index contributed by atoms with van der Waals surface area (Å²) < 4.78 is 2.05. The molecular weight excluding hydrogens is 378 g/mol. The van der Waals surface area contributed by atoms with Gasteiger partial charge in [-0.2, -0.15) is 0 Å². The monoisotopic (exact) mass is 411 g/mol. The summed E-state index contributed by atoms with van der Waals surface area (Å²) in [5.41, 5.74) is 8.01. The third-order valence-corrected chi connectivity index (χ3v) is 6.44. The standard InChI is InChI=1S/C22H33N7O/c1-15(30)24-18-11-7-16(8-12-18)21(25-19-13-9-17(23)10-14-19)22-26-27-28-29(22)20-5-3-2-4-6-20/h7-8,11-12,17,19-21,25H,2-6,9-10,13-14,23H2,1H3,(H,24,30). The average Bonchev–Trinajstić information content (AvgIpc) is 3.24. The lowest BCUT2D eigenvalue weighted by Gasteiger charge is -2.31. The van der Waals surface area contributed by atoms with E-state index in [1.165, 1.54) is 26.2 Å². The molecular formula is C22H33N7O. The van der Waals surface area contributed by atoms with Crippen molar-refractivity contribution in [1.29, 1.82) is 0 Å². The molecule has 2 aromatic rings. The molecule has 1 aromatic heterocycles. The van der Waals surface area contributed by atoms with Crippen LogP contribution in [0.2, 0.25) is 0 Å². The van der Waals surface area contributed by atoms with Crippen LogP contribution in [0.4, 0.5) is 5.69 Å². The van der Waals surface area contributed by atoms with Crippen LogP contribution in [0.5, 0.6) is 0 Å². The molecule has 1 amide bonds. The molecule has 8 heteroatoms. The SMILES string of the molecule is CC(=O)Nc1ccc(C(NC2CCC(N)CC2)c2nnnn2C2CCCCC2)cc1. The summed E-state index contributed by atoms with van der Waals surface area (Å²) in [6.45, 7) is 1.52. The minimum absolute atomic E-state index is 0.0720. The predicted molar refractivity (Wildman–Crippen MR) is 116 cm³/mol. The zero-order valence-corrected chi connectivity index (χ0v) is 17.8. The molecule has 0 radical (unpaired) electrons. The average molecular weight is 412 g/mol. The summed E-state index contributed by atoms with van der Waals surface area (Å²) in [5.74, 6) is 0.807. The maximum Gasteiger partial charge on any atom is 0.221 e. The van der Waals surface area contributed by atoms with E-state index in [0.29, 0.717) is 18.1 Å². The van der Waals surface area contributed by atoms with Gasteiger partial charge in [0, 0.05) is 24.7 Å². The van der Waals surface area contributed by atoms with Crippen LogP contribution in [0.25, 0.3) is 0 Å². The second-order valence-corrected chi connectivity index (χ2v) is 8.79. The molecule has 0 saturated heterocycles. The summed E-state index contributed by atoms with van der Waals surface area (Å²) in [7, 11) is 0. The number of carbonyl (C=O) groups is 1. The molecule has 8 nitrogen and oxygen atoms in total. The first-order valence-corrected chi connectivity index (χ1v) is 11.3. The Balaban J connectivity index is 1.61. The Morgan fingerprint density at radius 1 is 1.07 bits per heavy atom. The molecule has 1 atom stereocenters. The number of rotatable bonds is 6. The van der Waals surface area contributed by atoms with Crippen molar-refractivity contribution in [3.63, 3.8) is 0 Å². The number of anilines is 1. The van der Waals surface area contributed by atoms with Crippen molar-refractivity contribution >= 4 is 11.6 Å². The van der Waals surface area contributed by atoms with E-state index < -0.39 is 0 Å². The van der Waals surface area contributed by atoms with Crippen molar-refractivity contribution in [1.82, 2.24) is 25.5 Å². The molecule has 1 heterocycles. The number of amides is 1. The lowest BCUT2D eigenvalue weighted by atomic mass is 9.90. The molecule has 2 aliphatic carbocycles. The summed E-state index contributed by atoms with van der Waals surface area (Å²) in [5, 5.41) is 19.6. The molecule has 30 heavy (non-hydrogen) atoms. The molecule has 2 fully saturated rings. The molecule has 2 aliphatic rings. The number of nitrogens with zero attached hydrogens (tertiary/aromatic N) is 4. The smallest absolute Gasteiger partial charge is 0.221 e. The van der Waals surface area contributed by atoms with E-state index in [0.717, 1.165) is 55.6 Å². The predicted octanol–water partition coefficient (Wildman–Crippen LogP) is 3.09. The Bertz CT molecular complexity index is 820. The fraction of sp³-hybridized carbons (Fsp3) is 0.636. The number of aromatic nitrogens is 4. The quantitative estimate of drug-likeness (QED) is 0.674. The zero-order valence-electron chi connectivity index (χ0n) is 17.8. The van der Waals surface area contributed by atoms with Gasteiger partial charge in [-0.05, 0) is 66.6 Å². The van der Waals surface area contributed by atoms with Crippen molar-refractivity contribution in [3.8, 4) is 0 Å². The summed E-state index contributed by atoms with van der Waals surface area (Å²) in [4.78, 5) is 11.4. The third kappa shape index (κ3) is 5.05. The number of hydrogen-bond acceptors (Lipinski definition) is 6. The maximum absolute atomic E-state index is 11.4. The Morgan fingerprint density at radius 2 is 1.77 bits per heavy atom. The van der Waals surface area contributed by atoms with Gasteiger partial charge in [-0.3, -0.25) is 4.79 Å². The van der Waals surface area contributed by atoms with E-state index in [1.807, 2.05) is 16.8 Å². The van der Waals surface area contributed by atoms with Gasteiger partial charge < -0.3 is 16.4 Å². The molecule has 162 valence electrons. The lowest BCUT2D eigenvalue weighted by Crippen LogP contribution is -2.40. The van der Waals surface area contributed by atoms with Crippen molar-refractivity contribution < 1.29 is 4.79 Å². The van der Waals surface area contributed by atoms with Gasteiger partial charge in [0.1, 0.15) is 0 Å². The van der Waals surface area contributed by atoms with Gasteiger partial charge in [-0.1, -0.05) is 31.4 Å². The van der Waals surface area contributed by atoms with E-state index in [9.17, 15) is 4.79 Å². The second kappa shape index (κ2) is 9.66. The summed E-state index contributed by atoms with van der Waals surface area (Å²) >= 11 is 0. The normalized spacial score (nSPS) is 23.8. The number of tetrazole rings is 1. The van der Waals surface area contributed by atoms with Crippen molar-refractivity contribution in [3.05, 3.63) is 35.7 Å². The van der Waals surface area contributed by atoms with Crippen LogP contribution in [0.3, 0.4) is 0 Å². The van der Waals surface area contributed by atoms with Crippen LogP contribution in [-0.2, 0) is 4.79 Å². The Morgan fingerprint density at radius 3 is 2.43 bits per heavy atom. The summed E-state index contributed by atoms with van der Waals surface area (Å²) in [6, 6.07) is 8.97. The van der Waals surface area contributed by atoms with Gasteiger partial charge in [0.15, 0.2) is 5.82 Å². The molecule has 4 N–H and O–H groups in total. The van der Waals surface area contributed by atoms with Crippen molar-refractivity contribution in [2.24, 2.45) is 5.73 Å². The number of carbonyl (C=O) groups excluding carboxylic acids is 1. The van der Waals surface area contributed by atoms with Crippen molar-refractivity contribution in [2.75, 3.05) is 5.32 Å². The van der Waals surface area contributed by atoms with Crippen LogP contribution in [0.15, 0.2) is 24.3 Å². The molecule has 0 aliphatic heterocycles. The summed E-state index contributed by atoms with van der Waals surface area (Å²) in [6.07, 6.45) is 10.2. The van der Waals surface area contributed by atoms with Gasteiger partial charge >= 0.3 is 0 Å². The van der Waals surface area contributed by atoms with Crippen LogP contribution < -0.4 is 16.4 Å². The zero-order chi connectivity index (χ0) is 20.9. The number of benzene rings is 1.